The lowest BCUT2D eigenvalue weighted by Crippen LogP contribution is -2.30. The molecule has 20 heteroatoms. The molecule has 2 aliphatic rings. The lowest BCUT2D eigenvalue weighted by atomic mass is 9.96. The zero-order valence-corrected chi connectivity index (χ0v) is 48.8. The van der Waals surface area contributed by atoms with E-state index in [9.17, 15) is 19.2 Å². The Hall–Kier alpha value is -9.47. The Bertz CT molecular complexity index is 3870. The predicted octanol–water partition coefficient (Wildman–Crippen LogP) is 5.88. The third-order valence-electron chi connectivity index (χ3n) is 14.9. The van der Waals surface area contributed by atoms with Gasteiger partial charge in [0.25, 0.3) is 23.6 Å². The summed E-state index contributed by atoms with van der Waals surface area (Å²) in [4.78, 5) is 72.7. The molecule has 1 unspecified atom stereocenters. The average molecular weight is 1140 g/mol. The van der Waals surface area contributed by atoms with Gasteiger partial charge in [-0.15, -0.1) is 0 Å². The van der Waals surface area contributed by atoms with Gasteiger partial charge in [0.05, 0.1) is 74.1 Å². The summed E-state index contributed by atoms with van der Waals surface area (Å²) in [6.45, 7) is 6.55. The number of rotatable bonds is 20. The number of methoxy groups -OCH3 is 8. The number of aliphatic imine (C=N–C) groups is 1. The van der Waals surface area contributed by atoms with Crippen molar-refractivity contribution in [2.24, 2.45) is 4.99 Å². The number of fused-ring (bicyclic) bond motifs is 7. The number of hydrogen-bond acceptors (Lipinski definition) is 13. The molecule has 5 atom stereocenters. The molecule has 2 aliphatic heterocycles. The fraction of sp³-hybridized carbons (Fsp3) is 0.266. The van der Waals surface area contributed by atoms with Crippen LogP contribution in [0.1, 0.15) is 61.3 Å². The molecular weight excluding hydrogens is 1070 g/mol. The molecule has 0 saturated heterocycles. The number of hydrogen-bond donors (Lipinski definition) is 7. The Morgan fingerprint density at radius 3 is 1.13 bits per heavy atom. The number of H-pyrrole nitrogens is 3. The first kappa shape index (κ1) is 59.2. The maximum Gasteiger partial charge on any atom is 0.253 e. The lowest BCUT2D eigenvalue weighted by Gasteiger charge is -2.21. The molecule has 4 aromatic carbocycles. The van der Waals surface area contributed by atoms with Gasteiger partial charge in [0.2, 0.25) is 0 Å². The summed E-state index contributed by atoms with van der Waals surface area (Å²) in [5, 5.41) is 14.5. The molecule has 20 nitrogen and oxygen atoms in total. The number of nitrogens with zero attached hydrogens (tertiary/aromatic N) is 1. The van der Waals surface area contributed by atoms with Crippen LogP contribution in [0.5, 0.6) is 23.0 Å². The van der Waals surface area contributed by atoms with Crippen molar-refractivity contribution in [2.75, 3.05) is 78.1 Å². The van der Waals surface area contributed by atoms with E-state index in [1.54, 1.807) is 92.5 Å². The van der Waals surface area contributed by atoms with Gasteiger partial charge >= 0.3 is 0 Å². The van der Waals surface area contributed by atoms with Gasteiger partial charge in [0.15, 0.2) is 0 Å². The molecule has 0 fully saturated rings. The van der Waals surface area contributed by atoms with Crippen molar-refractivity contribution < 1.29 is 57.1 Å². The molecule has 0 saturated carbocycles. The zero-order valence-electron chi connectivity index (χ0n) is 48.8. The third-order valence-corrected chi connectivity index (χ3v) is 14.9. The van der Waals surface area contributed by atoms with Crippen LogP contribution in [-0.4, -0.2) is 132 Å². The van der Waals surface area contributed by atoms with Crippen molar-refractivity contribution in [2.45, 2.75) is 58.2 Å². The van der Waals surface area contributed by atoms with Crippen LogP contribution >= 0.6 is 0 Å². The van der Waals surface area contributed by atoms with Crippen LogP contribution in [0.15, 0.2) is 126 Å². The number of nitrogens with one attached hydrogen (secondary N) is 7. The van der Waals surface area contributed by atoms with E-state index in [0.29, 0.717) is 129 Å². The number of ether oxygens (including phenoxy) is 8. The van der Waals surface area contributed by atoms with Gasteiger partial charge in [-0.1, -0.05) is 30.3 Å². The summed E-state index contributed by atoms with van der Waals surface area (Å²) in [6, 6.07) is 32.2. The first-order valence-corrected chi connectivity index (χ1v) is 27.0. The Kier molecular flexibility index (Phi) is 18.1. The van der Waals surface area contributed by atoms with Crippen molar-refractivity contribution in [1.82, 2.24) is 15.0 Å². The quantitative estimate of drug-likeness (QED) is 0.0473. The minimum Gasteiger partial charge on any atom is -0.496 e. The largest absolute Gasteiger partial charge is 0.496 e. The summed E-state index contributed by atoms with van der Waals surface area (Å²) in [5.41, 5.74) is 7.14. The molecule has 9 rings (SSSR count). The normalized spacial score (nSPS) is 17.7. The van der Waals surface area contributed by atoms with Crippen LogP contribution in [0.2, 0.25) is 0 Å². The highest BCUT2D eigenvalue weighted by Gasteiger charge is 2.32. The molecule has 8 bridgehead atoms. The van der Waals surface area contributed by atoms with Crippen molar-refractivity contribution in [1.29, 1.82) is 0 Å². The van der Waals surface area contributed by atoms with Crippen LogP contribution in [0.3, 0.4) is 0 Å². The number of carbonyl (C=O) groups excluding carboxylic acids is 4. The maximum absolute atomic E-state index is 14.0. The summed E-state index contributed by atoms with van der Waals surface area (Å²) in [5.74, 6) is 0.154. The Morgan fingerprint density at radius 2 is 0.738 bits per heavy atom. The number of aromatic amines is 3. The smallest absolute Gasteiger partial charge is 0.253 e. The Morgan fingerprint density at radius 1 is 0.405 bits per heavy atom. The number of benzene rings is 4. The van der Waals surface area contributed by atoms with Crippen LogP contribution in [-0.2, 0) is 38.1 Å². The highest BCUT2D eigenvalue weighted by molar-refractivity contribution is 6.32. The van der Waals surface area contributed by atoms with E-state index in [4.69, 9.17) is 42.9 Å². The highest BCUT2D eigenvalue weighted by Crippen LogP contribution is 2.42. The van der Waals surface area contributed by atoms with Gasteiger partial charge in [-0.25, -0.2) is 0 Å². The molecule has 0 aliphatic carbocycles. The van der Waals surface area contributed by atoms with E-state index < -0.39 is 54.1 Å². The van der Waals surface area contributed by atoms with Crippen LogP contribution in [0, 0.1) is 0 Å². The highest BCUT2D eigenvalue weighted by atomic mass is 16.5. The van der Waals surface area contributed by atoms with E-state index >= 15 is 0 Å². The molecule has 4 amide bonds. The zero-order chi connectivity index (χ0) is 59.9. The molecule has 436 valence electrons. The van der Waals surface area contributed by atoms with Gasteiger partial charge in [0, 0.05) is 94.6 Å². The number of allylic oxidation sites excluding steroid dienone is 1. The minimum absolute atomic E-state index is 0.338. The first-order chi connectivity index (χ1) is 40.6. The van der Waals surface area contributed by atoms with Gasteiger partial charge in [-0.05, 0) is 119 Å². The van der Waals surface area contributed by atoms with Crippen LogP contribution in [0.25, 0.3) is 22.3 Å². The Balaban J connectivity index is 1.50. The van der Waals surface area contributed by atoms with Crippen molar-refractivity contribution in [3.05, 3.63) is 176 Å². The van der Waals surface area contributed by atoms with E-state index in [1.165, 1.54) is 28.4 Å². The maximum atomic E-state index is 14.0. The fourth-order valence-corrected chi connectivity index (χ4v) is 10.1. The third kappa shape index (κ3) is 11.6. The Labute approximate surface area is 485 Å². The summed E-state index contributed by atoms with van der Waals surface area (Å²) >= 11 is 0. The van der Waals surface area contributed by atoms with Crippen molar-refractivity contribution in [3.63, 3.8) is 0 Å². The summed E-state index contributed by atoms with van der Waals surface area (Å²) in [6.07, 6.45) is 0.413. The topological polar surface area (TPSA) is 250 Å². The molecule has 7 aromatic rings. The van der Waals surface area contributed by atoms with Crippen molar-refractivity contribution in [3.8, 4) is 23.0 Å². The minimum atomic E-state index is -0.858. The number of aromatic nitrogens is 3. The monoisotopic (exact) mass is 1140 g/mol. The second kappa shape index (κ2) is 25.8. The second-order valence-electron chi connectivity index (χ2n) is 19.7. The molecule has 84 heavy (non-hydrogen) atoms. The van der Waals surface area contributed by atoms with Gasteiger partial charge in [0.1, 0.15) is 47.4 Å². The molecule has 7 N–H and O–H groups in total. The van der Waals surface area contributed by atoms with E-state index in [0.717, 1.165) is 0 Å². The van der Waals surface area contributed by atoms with E-state index in [-0.39, 0.29) is 0 Å². The molecular formula is C64H68N8O12. The molecule has 0 radical (unpaired) electrons. The van der Waals surface area contributed by atoms with Gasteiger partial charge < -0.3 is 74.1 Å². The summed E-state index contributed by atoms with van der Waals surface area (Å²) in [7, 11) is 12.1. The average Bonchev–Trinajstić information content (AvgIpc) is 1.88. The van der Waals surface area contributed by atoms with Crippen LogP contribution in [0.4, 0.5) is 22.7 Å². The summed E-state index contributed by atoms with van der Waals surface area (Å²) < 4.78 is 46.4. The lowest BCUT2D eigenvalue weighted by molar-refractivity contribution is -0.125. The standard InChI is InChI=1S/C64H68N8O12/c1-33(77-5)61(73)69-37-17-13-18-38(70-62(74)34(2)78-6)53(37)55-41-25-29-45(65-41)57(59-49(81-9)21-15-22-50(59)82-10)47-31-27-43(67-47)56(54-39(71-63(75)35(3)79-7)19-14-20-40(54)72-64(76)36(4)80-8)44-28-32-48(68-44)58(46-30-26-42(55)66-46)60-51(83-11)23-16-24-52(60)84-12/h13-36,45,66-68H,1-12H3,(H,69,73)(H,70,74)(H,71,75)(H,72,76)/b55-42+,56-43+,57-47+,58-46+/t33-,34+,35-,36+,45?. The van der Waals surface area contributed by atoms with E-state index in [2.05, 4.69) is 36.2 Å². The van der Waals surface area contributed by atoms with Crippen LogP contribution < -0.4 is 61.6 Å². The van der Waals surface area contributed by atoms with Gasteiger partial charge in [-0.3, -0.25) is 24.2 Å². The van der Waals surface area contributed by atoms with Crippen molar-refractivity contribution >= 4 is 74.4 Å². The SMILES string of the molecule is COc1cccc(OC)c1/C1=c2\cc/c([nH]2)=C(\c2c(NC(=O)[C@H](C)OC)cccc2NC(=O)[C@@H](C)OC)C2=NC(C=C2)/C(c2c(OC)cccc2OC)=c2/cc/c([nH]2)=C(\c2c(NC(=O)[C@H](C)OC)cccc2NC(=O)[C@@H](C)OC)c2ccc1[nH]2. The molecule has 5 heterocycles. The second-order valence-corrected chi connectivity index (χ2v) is 19.7. The van der Waals surface area contributed by atoms with Gasteiger partial charge in [-0.2, -0.15) is 0 Å². The molecule has 3 aromatic heterocycles. The van der Waals surface area contributed by atoms with E-state index in [1.807, 2.05) is 84.9 Å². The first-order valence-electron chi connectivity index (χ1n) is 27.0. The molecule has 0 spiro atoms. The fourth-order valence-electron chi connectivity index (χ4n) is 10.1. The number of amides is 4. The predicted molar refractivity (Wildman–Crippen MR) is 322 cm³/mol. The number of anilines is 4. The number of carbonyl (C=O) groups is 4.